The third-order valence-electron chi connectivity index (χ3n) is 4.62. The fourth-order valence-corrected chi connectivity index (χ4v) is 3.31. The van der Waals surface area contributed by atoms with Gasteiger partial charge in [-0.15, -0.1) is 0 Å². The van der Waals surface area contributed by atoms with Crippen LogP contribution < -0.4 is 5.32 Å². The van der Waals surface area contributed by atoms with Crippen LogP contribution in [0.25, 0.3) is 0 Å². The number of carbonyl (C=O) groups is 2. The molecule has 0 aromatic rings. The maximum absolute atomic E-state index is 12.1. The first-order chi connectivity index (χ1) is 9.97. The fourth-order valence-electron chi connectivity index (χ4n) is 3.31. The number of nitrogens with zero attached hydrogens (tertiary/aromatic N) is 2. The van der Waals surface area contributed by atoms with Crippen LogP contribution >= 0.6 is 0 Å². The van der Waals surface area contributed by atoms with Crippen molar-refractivity contribution in [2.75, 3.05) is 26.2 Å². The van der Waals surface area contributed by atoms with Gasteiger partial charge < -0.3 is 15.3 Å². The Kier molecular flexibility index (Phi) is 5.58. The Bertz CT molecular complexity index is 378. The van der Waals surface area contributed by atoms with E-state index in [4.69, 9.17) is 5.11 Å². The molecule has 0 aliphatic carbocycles. The van der Waals surface area contributed by atoms with Gasteiger partial charge in [0.1, 0.15) is 6.04 Å². The lowest BCUT2D eigenvalue weighted by molar-refractivity contribution is -0.142. The molecular formula is C15H27N3O3. The van der Waals surface area contributed by atoms with Gasteiger partial charge in [0.25, 0.3) is 0 Å². The monoisotopic (exact) mass is 297 g/mol. The molecule has 2 aliphatic rings. The quantitative estimate of drug-likeness (QED) is 0.774. The Hall–Kier alpha value is -1.14. The number of rotatable bonds is 5. The van der Waals surface area contributed by atoms with E-state index in [-0.39, 0.29) is 18.5 Å². The Morgan fingerprint density at radius 2 is 1.86 bits per heavy atom. The number of piperidine rings is 1. The van der Waals surface area contributed by atoms with E-state index in [0.29, 0.717) is 19.0 Å². The number of carboxylic acids is 1. The lowest BCUT2D eigenvalue weighted by atomic mass is 10.0. The first kappa shape index (κ1) is 16.2. The van der Waals surface area contributed by atoms with Gasteiger partial charge in [0.05, 0.1) is 6.54 Å². The van der Waals surface area contributed by atoms with Crippen molar-refractivity contribution in [2.24, 2.45) is 0 Å². The largest absolute Gasteiger partial charge is 0.480 e. The molecule has 6 heteroatoms. The lowest BCUT2D eigenvalue weighted by Crippen LogP contribution is -2.49. The van der Waals surface area contributed by atoms with Crippen LogP contribution in [0, 0.1) is 0 Å². The second-order valence-corrected chi connectivity index (χ2v) is 6.44. The van der Waals surface area contributed by atoms with Crippen molar-refractivity contribution < 1.29 is 14.7 Å². The molecule has 2 fully saturated rings. The summed E-state index contributed by atoms with van der Waals surface area (Å²) in [5, 5.41) is 12.2. The van der Waals surface area contributed by atoms with Crippen LogP contribution in [0.15, 0.2) is 0 Å². The highest BCUT2D eigenvalue weighted by atomic mass is 16.4. The van der Waals surface area contributed by atoms with Crippen LogP contribution in [0.2, 0.25) is 0 Å². The molecule has 0 spiro atoms. The van der Waals surface area contributed by atoms with E-state index in [2.05, 4.69) is 24.1 Å². The number of carboxylic acid groups (broad SMARTS) is 1. The molecule has 0 unspecified atom stereocenters. The highest BCUT2D eigenvalue weighted by Gasteiger charge is 2.32. The summed E-state index contributed by atoms with van der Waals surface area (Å²) in [6.45, 7) is 7.34. The molecule has 6 nitrogen and oxygen atoms in total. The van der Waals surface area contributed by atoms with Crippen molar-refractivity contribution in [2.45, 2.75) is 57.7 Å². The Morgan fingerprint density at radius 3 is 2.43 bits per heavy atom. The highest BCUT2D eigenvalue weighted by Crippen LogP contribution is 2.17. The van der Waals surface area contributed by atoms with Crippen molar-refractivity contribution in [1.82, 2.24) is 15.1 Å². The van der Waals surface area contributed by atoms with Crippen LogP contribution in [0.4, 0.5) is 0 Å². The summed E-state index contributed by atoms with van der Waals surface area (Å²) in [5.41, 5.74) is 0. The van der Waals surface area contributed by atoms with Gasteiger partial charge in [0.15, 0.2) is 0 Å². The maximum Gasteiger partial charge on any atom is 0.320 e. The summed E-state index contributed by atoms with van der Waals surface area (Å²) in [7, 11) is 0. The predicted octanol–water partition coefficient (Wildman–Crippen LogP) is 0.524. The summed E-state index contributed by atoms with van der Waals surface area (Å²) in [4.78, 5) is 27.4. The highest BCUT2D eigenvalue weighted by molar-refractivity contribution is 5.80. The Morgan fingerprint density at radius 1 is 1.19 bits per heavy atom. The molecule has 0 radical (unpaired) electrons. The van der Waals surface area contributed by atoms with E-state index in [1.165, 1.54) is 0 Å². The minimum Gasteiger partial charge on any atom is -0.480 e. The molecule has 120 valence electrons. The van der Waals surface area contributed by atoms with Gasteiger partial charge in [-0.05, 0) is 46.1 Å². The number of hydrogen-bond acceptors (Lipinski definition) is 4. The second-order valence-electron chi connectivity index (χ2n) is 6.44. The molecule has 2 rings (SSSR count). The van der Waals surface area contributed by atoms with Gasteiger partial charge in [-0.25, -0.2) is 0 Å². The summed E-state index contributed by atoms with van der Waals surface area (Å²) < 4.78 is 0. The molecule has 0 bridgehead atoms. The number of likely N-dealkylation sites (tertiary alicyclic amines) is 2. The van der Waals surface area contributed by atoms with Gasteiger partial charge in [-0.2, -0.15) is 0 Å². The number of carbonyl (C=O) groups excluding carboxylic acids is 1. The number of amides is 1. The SMILES string of the molecule is CC(C)N1CCC(NC(=O)CN2CCC[C@H]2C(=O)O)CC1. The smallest absolute Gasteiger partial charge is 0.320 e. The minimum absolute atomic E-state index is 0.0360. The average Bonchev–Trinajstić information content (AvgIpc) is 2.87. The zero-order valence-electron chi connectivity index (χ0n) is 13.0. The van der Waals surface area contributed by atoms with E-state index in [0.717, 1.165) is 32.4 Å². The molecule has 21 heavy (non-hydrogen) atoms. The van der Waals surface area contributed by atoms with Crippen LogP contribution in [0.1, 0.15) is 39.5 Å². The molecule has 0 aromatic heterocycles. The van der Waals surface area contributed by atoms with Crippen molar-refractivity contribution >= 4 is 11.9 Å². The van der Waals surface area contributed by atoms with Gasteiger partial charge in [0, 0.05) is 25.2 Å². The zero-order chi connectivity index (χ0) is 15.4. The van der Waals surface area contributed by atoms with Crippen molar-refractivity contribution in [1.29, 1.82) is 0 Å². The molecule has 0 aromatic carbocycles. The van der Waals surface area contributed by atoms with Crippen LogP contribution in [0.5, 0.6) is 0 Å². The molecule has 1 atom stereocenters. The Labute approximate surface area is 126 Å². The fraction of sp³-hybridized carbons (Fsp3) is 0.867. The number of aliphatic carboxylic acids is 1. The standard InChI is InChI=1S/C15H27N3O3/c1-11(2)17-8-5-12(6-9-17)16-14(19)10-18-7-3-4-13(18)15(20)21/h11-13H,3-10H2,1-2H3,(H,16,19)(H,20,21)/t13-/m0/s1. The van der Waals surface area contributed by atoms with E-state index < -0.39 is 12.0 Å². The normalized spacial score (nSPS) is 25.4. The summed E-state index contributed by atoms with van der Waals surface area (Å²) >= 11 is 0. The Balaban J connectivity index is 1.74. The minimum atomic E-state index is -0.814. The zero-order valence-corrected chi connectivity index (χ0v) is 13.0. The molecule has 0 saturated carbocycles. The van der Waals surface area contributed by atoms with Gasteiger partial charge >= 0.3 is 5.97 Å². The van der Waals surface area contributed by atoms with Gasteiger partial charge in [-0.3, -0.25) is 14.5 Å². The summed E-state index contributed by atoms with van der Waals surface area (Å²) in [6, 6.07) is 0.305. The molecular weight excluding hydrogens is 270 g/mol. The molecule has 2 N–H and O–H groups in total. The number of nitrogens with one attached hydrogen (secondary N) is 1. The van der Waals surface area contributed by atoms with Crippen LogP contribution in [-0.2, 0) is 9.59 Å². The third-order valence-corrected chi connectivity index (χ3v) is 4.62. The third kappa shape index (κ3) is 4.41. The number of hydrogen-bond donors (Lipinski definition) is 2. The van der Waals surface area contributed by atoms with Crippen molar-refractivity contribution in [3.63, 3.8) is 0 Å². The second kappa shape index (κ2) is 7.22. The van der Waals surface area contributed by atoms with Crippen LogP contribution in [-0.4, -0.2) is 71.1 Å². The molecule has 2 aliphatic heterocycles. The topological polar surface area (TPSA) is 72.9 Å². The van der Waals surface area contributed by atoms with E-state index >= 15 is 0 Å². The summed E-state index contributed by atoms with van der Waals surface area (Å²) in [6.07, 6.45) is 3.46. The predicted molar refractivity (Wildman–Crippen MR) is 80.1 cm³/mol. The summed E-state index contributed by atoms with van der Waals surface area (Å²) in [5.74, 6) is -0.850. The van der Waals surface area contributed by atoms with E-state index in [9.17, 15) is 9.59 Å². The first-order valence-electron chi connectivity index (χ1n) is 7.97. The van der Waals surface area contributed by atoms with Gasteiger partial charge in [0.2, 0.25) is 5.91 Å². The van der Waals surface area contributed by atoms with E-state index in [1.807, 2.05) is 0 Å². The first-order valence-corrected chi connectivity index (χ1v) is 7.97. The average molecular weight is 297 g/mol. The van der Waals surface area contributed by atoms with Crippen LogP contribution in [0.3, 0.4) is 0 Å². The van der Waals surface area contributed by atoms with Crippen molar-refractivity contribution in [3.8, 4) is 0 Å². The van der Waals surface area contributed by atoms with Crippen molar-refractivity contribution in [3.05, 3.63) is 0 Å². The van der Waals surface area contributed by atoms with Gasteiger partial charge in [-0.1, -0.05) is 0 Å². The molecule has 1 amide bonds. The van der Waals surface area contributed by atoms with E-state index in [1.54, 1.807) is 4.90 Å². The molecule has 2 saturated heterocycles. The maximum atomic E-state index is 12.1. The molecule has 2 heterocycles. The lowest BCUT2D eigenvalue weighted by Gasteiger charge is -2.35.